The summed E-state index contributed by atoms with van der Waals surface area (Å²) < 4.78 is 28.4. The fraction of sp³-hybridized carbons (Fsp3) is 0.500. The lowest BCUT2D eigenvalue weighted by molar-refractivity contribution is 0.0904. The number of piperidine rings is 1. The summed E-state index contributed by atoms with van der Waals surface area (Å²) in [6, 6.07) is 3.14. The minimum atomic E-state index is -3.43. The molecule has 2 fully saturated rings. The van der Waals surface area contributed by atoms with E-state index in [2.05, 4.69) is 15.2 Å². The predicted molar refractivity (Wildman–Crippen MR) is 87.5 cm³/mol. The van der Waals surface area contributed by atoms with E-state index in [1.165, 1.54) is 18.7 Å². The summed E-state index contributed by atoms with van der Waals surface area (Å²) in [4.78, 5) is 18.9. The number of furan rings is 1. The van der Waals surface area contributed by atoms with Crippen LogP contribution in [-0.2, 0) is 9.84 Å². The van der Waals surface area contributed by atoms with Gasteiger partial charge in [0.05, 0.1) is 6.20 Å². The van der Waals surface area contributed by atoms with Crippen LogP contribution in [0, 0.1) is 5.92 Å². The van der Waals surface area contributed by atoms with E-state index in [4.69, 9.17) is 4.42 Å². The van der Waals surface area contributed by atoms with Gasteiger partial charge in [0.2, 0.25) is 14.9 Å². The third-order valence-electron chi connectivity index (χ3n) is 4.78. The van der Waals surface area contributed by atoms with Crippen molar-refractivity contribution in [3.05, 3.63) is 24.0 Å². The molecule has 7 nitrogen and oxygen atoms in total. The smallest absolute Gasteiger partial charge is 0.270 e. The number of aromatic nitrogens is 1. The average Bonchev–Trinajstić information content (AvgIpc) is 3.09. The molecule has 8 heteroatoms. The zero-order chi connectivity index (χ0) is 16.9. The molecule has 3 unspecified atom stereocenters. The van der Waals surface area contributed by atoms with Crippen LogP contribution in [0.1, 0.15) is 23.3 Å². The van der Waals surface area contributed by atoms with E-state index in [9.17, 15) is 13.2 Å². The van der Waals surface area contributed by atoms with Crippen molar-refractivity contribution in [3.8, 4) is 0 Å². The van der Waals surface area contributed by atoms with Crippen molar-refractivity contribution in [2.75, 3.05) is 25.9 Å². The number of amides is 1. The van der Waals surface area contributed by atoms with Gasteiger partial charge in [0.1, 0.15) is 5.69 Å². The lowest BCUT2D eigenvalue weighted by Gasteiger charge is -2.30. The topological polar surface area (TPSA) is 92.5 Å². The van der Waals surface area contributed by atoms with Crippen LogP contribution in [0.4, 0.5) is 0 Å². The Morgan fingerprint density at radius 3 is 2.96 bits per heavy atom. The Kier molecular flexibility index (Phi) is 3.61. The second-order valence-electron chi connectivity index (χ2n) is 6.77. The molecule has 2 bridgehead atoms. The lowest BCUT2D eigenvalue weighted by atomic mass is 9.97. The molecule has 0 spiro atoms. The lowest BCUT2D eigenvalue weighted by Crippen LogP contribution is -2.47. The molecule has 2 aliphatic heterocycles. The summed E-state index contributed by atoms with van der Waals surface area (Å²) in [7, 11) is -3.43. The van der Waals surface area contributed by atoms with Crippen LogP contribution in [0.5, 0.6) is 0 Å². The first kappa shape index (κ1) is 15.6. The molecule has 4 rings (SSSR count). The normalized spacial score (nSPS) is 26.6. The quantitative estimate of drug-likeness (QED) is 0.891. The van der Waals surface area contributed by atoms with Gasteiger partial charge in [-0.2, -0.15) is 0 Å². The van der Waals surface area contributed by atoms with Crippen molar-refractivity contribution in [2.24, 2.45) is 5.92 Å². The number of rotatable bonds is 3. The Labute approximate surface area is 139 Å². The van der Waals surface area contributed by atoms with Crippen molar-refractivity contribution in [2.45, 2.75) is 24.0 Å². The summed E-state index contributed by atoms with van der Waals surface area (Å²) in [6.07, 6.45) is 4.69. The van der Waals surface area contributed by atoms with Gasteiger partial charge in [-0.05, 0) is 31.4 Å². The number of nitrogens with one attached hydrogen (secondary N) is 1. The molecule has 4 heterocycles. The molecule has 2 aromatic rings. The maximum Gasteiger partial charge on any atom is 0.270 e. The van der Waals surface area contributed by atoms with Gasteiger partial charge in [0.25, 0.3) is 5.91 Å². The Morgan fingerprint density at radius 1 is 1.38 bits per heavy atom. The highest BCUT2D eigenvalue weighted by Gasteiger charge is 2.33. The first-order valence-electron chi connectivity index (χ1n) is 8.01. The molecule has 2 saturated heterocycles. The van der Waals surface area contributed by atoms with Gasteiger partial charge in [0.15, 0.2) is 5.58 Å². The number of nitrogens with zero attached hydrogens (tertiary/aromatic N) is 2. The number of fused-ring (bicyclic) bond motifs is 3. The number of sulfone groups is 1. The third kappa shape index (κ3) is 2.91. The molecule has 1 N–H and O–H groups in total. The standard InChI is InChI=1S/C16H19N3O4S/c1-24(21,22)15-6-11-5-13(17-7-14(11)23-15)16(20)18-12-4-10-2-3-19(8-10)9-12/h5-7,10,12H,2-4,8-9H2,1H3,(H,18,20). The number of hydrogen-bond donors (Lipinski definition) is 1. The summed E-state index contributed by atoms with van der Waals surface area (Å²) in [5.74, 6) is 0.442. The minimum Gasteiger partial charge on any atom is -0.443 e. The van der Waals surface area contributed by atoms with E-state index in [-0.39, 0.29) is 22.7 Å². The molecule has 2 aliphatic rings. The Morgan fingerprint density at radius 2 is 2.21 bits per heavy atom. The Hall–Kier alpha value is -1.93. The van der Waals surface area contributed by atoms with E-state index >= 15 is 0 Å². The second-order valence-corrected chi connectivity index (χ2v) is 8.71. The molecule has 0 saturated carbocycles. The summed E-state index contributed by atoms with van der Waals surface area (Å²) in [5.41, 5.74) is 0.630. The zero-order valence-corrected chi connectivity index (χ0v) is 14.2. The van der Waals surface area contributed by atoms with Crippen LogP contribution in [-0.4, -0.2) is 56.1 Å². The van der Waals surface area contributed by atoms with Gasteiger partial charge in [-0.15, -0.1) is 0 Å². The predicted octanol–water partition coefficient (Wildman–Crippen LogP) is 1.06. The zero-order valence-electron chi connectivity index (χ0n) is 13.4. The first-order chi connectivity index (χ1) is 11.4. The van der Waals surface area contributed by atoms with Gasteiger partial charge in [-0.3, -0.25) is 4.79 Å². The number of carbonyl (C=O) groups is 1. The largest absolute Gasteiger partial charge is 0.443 e. The van der Waals surface area contributed by atoms with E-state index in [1.807, 2.05) is 0 Å². The van der Waals surface area contributed by atoms with E-state index in [0.717, 1.165) is 32.3 Å². The van der Waals surface area contributed by atoms with E-state index < -0.39 is 9.84 Å². The molecular weight excluding hydrogens is 330 g/mol. The van der Waals surface area contributed by atoms with Crippen molar-refractivity contribution >= 4 is 26.7 Å². The highest BCUT2D eigenvalue weighted by molar-refractivity contribution is 7.90. The number of pyridine rings is 1. The molecule has 1 amide bonds. The number of hydrogen-bond acceptors (Lipinski definition) is 6. The maximum atomic E-state index is 12.5. The number of carbonyl (C=O) groups excluding carboxylic acids is 1. The molecule has 0 aromatic carbocycles. The van der Waals surface area contributed by atoms with Crippen LogP contribution in [0.2, 0.25) is 0 Å². The average molecular weight is 349 g/mol. The molecule has 128 valence electrons. The Bertz CT molecular complexity index is 893. The highest BCUT2D eigenvalue weighted by atomic mass is 32.2. The molecule has 0 aliphatic carbocycles. The van der Waals surface area contributed by atoms with Gasteiger partial charge in [-0.25, -0.2) is 13.4 Å². The van der Waals surface area contributed by atoms with Gasteiger partial charge in [0, 0.05) is 36.8 Å². The highest BCUT2D eigenvalue weighted by Crippen LogP contribution is 2.27. The van der Waals surface area contributed by atoms with Crippen LogP contribution in [0.25, 0.3) is 11.0 Å². The van der Waals surface area contributed by atoms with Crippen LogP contribution in [0.15, 0.2) is 27.8 Å². The van der Waals surface area contributed by atoms with Gasteiger partial charge >= 0.3 is 0 Å². The summed E-state index contributed by atoms with van der Waals surface area (Å²) in [5, 5.41) is 3.49. The maximum absolute atomic E-state index is 12.5. The van der Waals surface area contributed by atoms with Crippen molar-refractivity contribution in [3.63, 3.8) is 0 Å². The SMILES string of the molecule is CS(=O)(=O)c1cc2cc(C(=O)NC3CC4CCN(C4)C3)ncc2o1. The van der Waals surface area contributed by atoms with E-state index in [0.29, 0.717) is 16.9 Å². The van der Waals surface area contributed by atoms with Crippen LogP contribution < -0.4 is 5.32 Å². The Balaban J connectivity index is 1.54. The monoisotopic (exact) mass is 349 g/mol. The summed E-state index contributed by atoms with van der Waals surface area (Å²) in [6.45, 7) is 3.14. The minimum absolute atomic E-state index is 0.117. The van der Waals surface area contributed by atoms with Crippen molar-refractivity contribution < 1.29 is 17.6 Å². The van der Waals surface area contributed by atoms with E-state index in [1.54, 1.807) is 6.07 Å². The first-order valence-corrected chi connectivity index (χ1v) is 9.90. The third-order valence-corrected chi connectivity index (χ3v) is 5.71. The van der Waals surface area contributed by atoms with Crippen LogP contribution in [0.3, 0.4) is 0 Å². The van der Waals surface area contributed by atoms with Crippen molar-refractivity contribution in [1.29, 1.82) is 0 Å². The molecular formula is C16H19N3O4S. The van der Waals surface area contributed by atoms with Gasteiger partial charge < -0.3 is 14.6 Å². The van der Waals surface area contributed by atoms with Crippen molar-refractivity contribution in [1.82, 2.24) is 15.2 Å². The molecule has 2 aromatic heterocycles. The molecule has 3 atom stereocenters. The fourth-order valence-corrected chi connectivity index (χ4v) is 4.23. The van der Waals surface area contributed by atoms with Crippen LogP contribution >= 0.6 is 0 Å². The second kappa shape index (κ2) is 5.56. The molecule has 24 heavy (non-hydrogen) atoms. The molecule has 0 radical (unpaired) electrons. The fourth-order valence-electron chi connectivity index (χ4n) is 3.65. The summed E-state index contributed by atoms with van der Waals surface area (Å²) >= 11 is 0. The van der Waals surface area contributed by atoms with Gasteiger partial charge in [-0.1, -0.05) is 0 Å².